The smallest absolute Gasteiger partial charge is 0.310 e. The summed E-state index contributed by atoms with van der Waals surface area (Å²) >= 11 is 0. The van der Waals surface area contributed by atoms with Crippen molar-refractivity contribution in [2.75, 3.05) is 0 Å². The molecule has 0 saturated heterocycles. The van der Waals surface area contributed by atoms with E-state index in [1.807, 2.05) is 60.7 Å². The van der Waals surface area contributed by atoms with Crippen LogP contribution in [-0.2, 0) is 4.79 Å². The van der Waals surface area contributed by atoms with Gasteiger partial charge in [-0.15, -0.1) is 0 Å². The summed E-state index contributed by atoms with van der Waals surface area (Å²) < 4.78 is 0. The first kappa shape index (κ1) is 13.4. The molecule has 0 fully saturated rings. The number of hydrogen-bond donors (Lipinski definition) is 1. The van der Waals surface area contributed by atoms with E-state index in [9.17, 15) is 9.90 Å². The Morgan fingerprint density at radius 3 is 2.29 bits per heavy atom. The average molecular weight is 276 g/mol. The van der Waals surface area contributed by atoms with Gasteiger partial charge in [-0.1, -0.05) is 66.7 Å². The number of benzene rings is 3. The lowest BCUT2D eigenvalue weighted by atomic mass is 9.87. The maximum Gasteiger partial charge on any atom is 0.310 e. The first-order chi connectivity index (χ1) is 10.2. The quantitative estimate of drug-likeness (QED) is 0.753. The molecule has 2 heteroatoms. The molecule has 3 rings (SSSR count). The van der Waals surface area contributed by atoms with Gasteiger partial charge in [0.2, 0.25) is 0 Å². The monoisotopic (exact) mass is 276 g/mol. The Morgan fingerprint density at radius 2 is 1.57 bits per heavy atom. The zero-order valence-corrected chi connectivity index (χ0v) is 11.8. The molecule has 2 nitrogen and oxygen atoms in total. The van der Waals surface area contributed by atoms with Crippen LogP contribution in [0.1, 0.15) is 18.4 Å². The van der Waals surface area contributed by atoms with Gasteiger partial charge in [0, 0.05) is 0 Å². The number of aliphatic carboxylic acids is 1. The summed E-state index contributed by atoms with van der Waals surface area (Å²) in [5.41, 5.74) is 2.92. The van der Waals surface area contributed by atoms with Gasteiger partial charge in [0.1, 0.15) is 0 Å². The molecule has 0 amide bonds. The molecule has 21 heavy (non-hydrogen) atoms. The van der Waals surface area contributed by atoms with Gasteiger partial charge < -0.3 is 5.11 Å². The van der Waals surface area contributed by atoms with Gasteiger partial charge in [0.25, 0.3) is 0 Å². The summed E-state index contributed by atoms with van der Waals surface area (Å²) in [6.07, 6.45) is 0. The predicted octanol–water partition coefficient (Wildman–Crippen LogP) is 4.69. The Balaban J connectivity index is 2.34. The molecule has 0 aliphatic rings. The third kappa shape index (κ3) is 2.40. The highest BCUT2D eigenvalue weighted by atomic mass is 16.4. The van der Waals surface area contributed by atoms with Gasteiger partial charge in [0.05, 0.1) is 5.92 Å². The van der Waals surface area contributed by atoms with E-state index in [1.54, 1.807) is 6.92 Å². The Hall–Kier alpha value is -2.61. The molecule has 1 atom stereocenters. The van der Waals surface area contributed by atoms with Crippen molar-refractivity contribution in [3.05, 3.63) is 72.3 Å². The van der Waals surface area contributed by atoms with Crippen molar-refractivity contribution in [2.24, 2.45) is 0 Å². The van der Waals surface area contributed by atoms with E-state index in [-0.39, 0.29) is 0 Å². The molecule has 0 radical (unpaired) electrons. The van der Waals surface area contributed by atoms with E-state index in [0.717, 1.165) is 27.5 Å². The number of carboxylic acids is 1. The van der Waals surface area contributed by atoms with Gasteiger partial charge in [-0.2, -0.15) is 0 Å². The minimum absolute atomic E-state index is 0.550. The van der Waals surface area contributed by atoms with E-state index in [4.69, 9.17) is 0 Å². The van der Waals surface area contributed by atoms with Crippen molar-refractivity contribution < 1.29 is 9.90 Å². The Bertz CT molecular complexity index is 791. The molecular formula is C19H16O2. The van der Waals surface area contributed by atoms with E-state index >= 15 is 0 Å². The van der Waals surface area contributed by atoms with Crippen LogP contribution in [0, 0.1) is 0 Å². The van der Waals surface area contributed by atoms with Crippen LogP contribution in [0.2, 0.25) is 0 Å². The minimum Gasteiger partial charge on any atom is -0.481 e. The molecule has 3 aromatic rings. The lowest BCUT2D eigenvalue weighted by Crippen LogP contribution is -2.09. The number of fused-ring (bicyclic) bond motifs is 1. The summed E-state index contributed by atoms with van der Waals surface area (Å²) in [7, 11) is 0. The molecule has 0 bridgehead atoms. The normalized spacial score (nSPS) is 12.2. The molecule has 0 aromatic heterocycles. The van der Waals surface area contributed by atoms with Gasteiger partial charge in [-0.25, -0.2) is 0 Å². The van der Waals surface area contributed by atoms with Gasteiger partial charge in [-0.05, 0) is 34.4 Å². The SMILES string of the molecule is CC(C(=O)O)c1c(-c2ccccc2)ccc2ccccc12. The van der Waals surface area contributed by atoms with E-state index in [2.05, 4.69) is 6.07 Å². The predicted molar refractivity (Wildman–Crippen MR) is 85.4 cm³/mol. The van der Waals surface area contributed by atoms with Crippen molar-refractivity contribution in [1.29, 1.82) is 0 Å². The third-order valence-electron chi connectivity index (χ3n) is 3.86. The Kier molecular flexibility index (Phi) is 3.44. The second-order valence-corrected chi connectivity index (χ2v) is 5.17. The summed E-state index contributed by atoms with van der Waals surface area (Å²) in [6.45, 7) is 1.75. The Morgan fingerprint density at radius 1 is 0.905 bits per heavy atom. The lowest BCUT2D eigenvalue weighted by Gasteiger charge is -2.16. The molecule has 0 aliphatic carbocycles. The second-order valence-electron chi connectivity index (χ2n) is 5.17. The largest absolute Gasteiger partial charge is 0.481 e. The highest BCUT2D eigenvalue weighted by Gasteiger charge is 2.20. The van der Waals surface area contributed by atoms with E-state index < -0.39 is 11.9 Å². The maximum absolute atomic E-state index is 11.5. The molecule has 0 aliphatic heterocycles. The summed E-state index contributed by atoms with van der Waals surface area (Å²) in [5.74, 6) is -1.35. The Labute approximate surface area is 123 Å². The second kappa shape index (κ2) is 5.41. The van der Waals surface area contributed by atoms with E-state index in [1.165, 1.54) is 0 Å². The van der Waals surface area contributed by atoms with Crippen molar-refractivity contribution >= 4 is 16.7 Å². The summed E-state index contributed by atoms with van der Waals surface area (Å²) in [6, 6.07) is 21.9. The average Bonchev–Trinajstić information content (AvgIpc) is 2.53. The molecule has 1 unspecified atom stereocenters. The van der Waals surface area contributed by atoms with Gasteiger partial charge >= 0.3 is 5.97 Å². The fourth-order valence-corrected chi connectivity index (χ4v) is 2.76. The molecule has 0 heterocycles. The number of hydrogen-bond acceptors (Lipinski definition) is 1. The van der Waals surface area contributed by atoms with Crippen LogP contribution in [0.3, 0.4) is 0 Å². The fourth-order valence-electron chi connectivity index (χ4n) is 2.76. The van der Waals surface area contributed by atoms with Crippen LogP contribution < -0.4 is 0 Å². The zero-order chi connectivity index (χ0) is 14.8. The van der Waals surface area contributed by atoms with Gasteiger partial charge in [0.15, 0.2) is 0 Å². The van der Waals surface area contributed by atoms with Crippen LogP contribution in [0.5, 0.6) is 0 Å². The van der Waals surface area contributed by atoms with Crippen molar-refractivity contribution in [1.82, 2.24) is 0 Å². The molecule has 3 aromatic carbocycles. The standard InChI is InChI=1S/C19H16O2/c1-13(19(20)21)18-16-10-6-5-9-15(16)11-12-17(18)14-7-3-2-4-8-14/h2-13H,1H3,(H,20,21). The lowest BCUT2D eigenvalue weighted by molar-refractivity contribution is -0.138. The van der Waals surface area contributed by atoms with Crippen molar-refractivity contribution in [3.63, 3.8) is 0 Å². The third-order valence-corrected chi connectivity index (χ3v) is 3.86. The topological polar surface area (TPSA) is 37.3 Å². The van der Waals surface area contributed by atoms with E-state index in [0.29, 0.717) is 0 Å². The molecular weight excluding hydrogens is 260 g/mol. The van der Waals surface area contributed by atoms with Crippen molar-refractivity contribution in [3.8, 4) is 11.1 Å². The summed E-state index contributed by atoms with van der Waals surface area (Å²) in [5, 5.41) is 11.5. The zero-order valence-electron chi connectivity index (χ0n) is 11.8. The van der Waals surface area contributed by atoms with Crippen LogP contribution in [0.15, 0.2) is 66.7 Å². The van der Waals surface area contributed by atoms with Crippen LogP contribution in [-0.4, -0.2) is 11.1 Å². The first-order valence-corrected chi connectivity index (χ1v) is 6.98. The number of carbonyl (C=O) groups is 1. The molecule has 0 spiro atoms. The van der Waals surface area contributed by atoms with Gasteiger partial charge in [-0.3, -0.25) is 4.79 Å². The molecule has 0 saturated carbocycles. The highest BCUT2D eigenvalue weighted by molar-refractivity contribution is 5.96. The van der Waals surface area contributed by atoms with Crippen molar-refractivity contribution in [2.45, 2.75) is 12.8 Å². The summed E-state index contributed by atoms with van der Waals surface area (Å²) in [4.78, 5) is 11.5. The highest BCUT2D eigenvalue weighted by Crippen LogP contribution is 2.35. The minimum atomic E-state index is -0.802. The number of carboxylic acid groups (broad SMARTS) is 1. The molecule has 1 N–H and O–H groups in total. The van der Waals surface area contributed by atoms with Crippen LogP contribution >= 0.6 is 0 Å². The maximum atomic E-state index is 11.5. The molecule has 104 valence electrons. The first-order valence-electron chi connectivity index (χ1n) is 6.98. The fraction of sp³-hybridized carbons (Fsp3) is 0.105. The van der Waals surface area contributed by atoms with Crippen LogP contribution in [0.25, 0.3) is 21.9 Å². The van der Waals surface area contributed by atoms with Crippen LogP contribution in [0.4, 0.5) is 0 Å². The number of rotatable bonds is 3.